The van der Waals surface area contributed by atoms with E-state index >= 15 is 0 Å². The third kappa shape index (κ3) is 3.05. The average molecular weight is 390 g/mol. The Balaban J connectivity index is 1.38. The highest BCUT2D eigenvalue weighted by Crippen LogP contribution is 2.44. The van der Waals surface area contributed by atoms with Crippen LogP contribution in [0.1, 0.15) is 54.6 Å². The molecule has 150 valence electrons. The molecule has 0 bridgehead atoms. The number of hydrogen-bond donors (Lipinski definition) is 1. The molecule has 0 unspecified atom stereocenters. The van der Waals surface area contributed by atoms with E-state index in [0.717, 1.165) is 75.1 Å². The van der Waals surface area contributed by atoms with Crippen molar-refractivity contribution in [3.05, 3.63) is 53.1 Å². The molecule has 6 heteroatoms. The first-order valence-electron chi connectivity index (χ1n) is 10.8. The number of carbonyl (C=O) groups excluding carboxylic acids is 1. The molecule has 2 fully saturated rings. The van der Waals surface area contributed by atoms with Gasteiger partial charge in [0, 0.05) is 44.2 Å². The molecule has 2 aromatic rings. The second-order valence-electron chi connectivity index (χ2n) is 8.67. The van der Waals surface area contributed by atoms with Crippen molar-refractivity contribution in [3.8, 4) is 6.07 Å². The number of imidazole rings is 1. The predicted octanol–water partition coefficient (Wildman–Crippen LogP) is 2.96. The lowest BCUT2D eigenvalue weighted by molar-refractivity contribution is -0.149. The number of aromatic amines is 1. The third-order valence-corrected chi connectivity index (χ3v) is 7.20. The lowest BCUT2D eigenvalue weighted by Crippen LogP contribution is -2.59. The summed E-state index contributed by atoms with van der Waals surface area (Å²) in [5, 5.41) is 9.38. The van der Waals surface area contributed by atoms with Crippen molar-refractivity contribution in [2.24, 2.45) is 5.92 Å². The molecule has 1 aliphatic carbocycles. The quantitative estimate of drug-likeness (QED) is 0.876. The molecule has 6 nitrogen and oxygen atoms in total. The van der Waals surface area contributed by atoms with E-state index in [9.17, 15) is 10.1 Å². The van der Waals surface area contributed by atoms with Crippen LogP contribution < -0.4 is 0 Å². The summed E-state index contributed by atoms with van der Waals surface area (Å²) in [7, 11) is 0. The van der Waals surface area contributed by atoms with Gasteiger partial charge in [0.05, 0.1) is 29.2 Å². The Hall–Kier alpha value is -2.65. The molecular formula is C23H27N5O. The van der Waals surface area contributed by atoms with Crippen LogP contribution in [-0.4, -0.2) is 45.3 Å². The summed E-state index contributed by atoms with van der Waals surface area (Å²) in [6.07, 6.45) is 7.72. The van der Waals surface area contributed by atoms with E-state index in [1.54, 1.807) is 6.33 Å². The lowest BCUT2D eigenvalue weighted by atomic mass is 9.76. The van der Waals surface area contributed by atoms with Crippen LogP contribution in [0.3, 0.4) is 0 Å². The van der Waals surface area contributed by atoms with Crippen LogP contribution in [0.4, 0.5) is 0 Å². The maximum Gasteiger partial charge on any atom is 0.226 e. The summed E-state index contributed by atoms with van der Waals surface area (Å²) in [4.78, 5) is 25.9. The van der Waals surface area contributed by atoms with Gasteiger partial charge in [-0.15, -0.1) is 0 Å². The average Bonchev–Trinajstić information content (AvgIpc) is 3.19. The number of rotatable bonds is 3. The molecule has 2 aliphatic heterocycles. The Bertz CT molecular complexity index is 946. The number of piperidine rings is 1. The first kappa shape index (κ1) is 18.4. The Kier molecular flexibility index (Phi) is 4.63. The number of hydrogen-bond acceptors (Lipinski definition) is 4. The summed E-state index contributed by atoms with van der Waals surface area (Å²) in [6.45, 7) is 3.38. The third-order valence-electron chi connectivity index (χ3n) is 7.20. The van der Waals surface area contributed by atoms with E-state index in [1.807, 2.05) is 24.3 Å². The van der Waals surface area contributed by atoms with Gasteiger partial charge in [0.15, 0.2) is 0 Å². The Morgan fingerprint density at radius 2 is 2.03 bits per heavy atom. The van der Waals surface area contributed by atoms with Crippen molar-refractivity contribution in [1.82, 2.24) is 19.8 Å². The molecule has 1 spiro atoms. The van der Waals surface area contributed by atoms with Crippen LogP contribution in [-0.2, 0) is 23.3 Å². The van der Waals surface area contributed by atoms with Gasteiger partial charge in [-0.1, -0.05) is 24.6 Å². The fraction of sp³-hybridized carbons (Fsp3) is 0.522. The van der Waals surface area contributed by atoms with Gasteiger partial charge in [0.2, 0.25) is 5.91 Å². The monoisotopic (exact) mass is 389 g/mol. The van der Waals surface area contributed by atoms with Gasteiger partial charge >= 0.3 is 0 Å². The minimum absolute atomic E-state index is 0.216. The first-order valence-corrected chi connectivity index (χ1v) is 10.8. The van der Waals surface area contributed by atoms with Crippen LogP contribution in [0, 0.1) is 17.2 Å². The number of nitriles is 1. The summed E-state index contributed by atoms with van der Waals surface area (Å²) in [5.41, 5.74) is 3.85. The fourth-order valence-electron chi connectivity index (χ4n) is 5.27. The topological polar surface area (TPSA) is 76.0 Å². The van der Waals surface area contributed by atoms with Gasteiger partial charge in [-0.2, -0.15) is 5.26 Å². The number of carbonyl (C=O) groups is 1. The van der Waals surface area contributed by atoms with Crippen molar-refractivity contribution in [2.75, 3.05) is 19.6 Å². The van der Waals surface area contributed by atoms with Crippen molar-refractivity contribution in [3.63, 3.8) is 0 Å². The standard InChI is InChI=1S/C23H27N5O/c24-14-18-4-1-2-5-19(18)15-27-12-9-23(10-13-27)21-20(25-16-26-21)8-11-28(23)22(29)17-6-3-7-17/h1-2,4-5,16-17H,3,6-13,15H2,(H,25,26). The molecule has 1 aromatic carbocycles. The van der Waals surface area contributed by atoms with Crippen LogP contribution >= 0.6 is 0 Å². The number of nitrogens with zero attached hydrogens (tertiary/aromatic N) is 4. The summed E-state index contributed by atoms with van der Waals surface area (Å²) in [6, 6.07) is 10.1. The van der Waals surface area contributed by atoms with E-state index in [-0.39, 0.29) is 11.5 Å². The molecule has 1 saturated heterocycles. The van der Waals surface area contributed by atoms with E-state index in [4.69, 9.17) is 4.98 Å². The molecule has 3 aliphatic rings. The number of amides is 1. The molecule has 0 atom stereocenters. The molecule has 5 rings (SSSR count). The van der Waals surface area contributed by atoms with Crippen LogP contribution in [0.15, 0.2) is 30.6 Å². The lowest BCUT2D eigenvalue weighted by Gasteiger charge is -2.52. The number of fused-ring (bicyclic) bond motifs is 2. The predicted molar refractivity (Wildman–Crippen MR) is 109 cm³/mol. The molecule has 1 amide bonds. The highest BCUT2D eigenvalue weighted by molar-refractivity contribution is 5.81. The zero-order valence-electron chi connectivity index (χ0n) is 16.7. The SMILES string of the molecule is N#Cc1ccccc1CN1CCC2(CC1)c1nc[nH]c1CCN2C(=O)C1CCC1. The molecule has 29 heavy (non-hydrogen) atoms. The number of H-pyrrole nitrogens is 1. The molecule has 1 saturated carbocycles. The maximum absolute atomic E-state index is 13.3. The summed E-state index contributed by atoms with van der Waals surface area (Å²) >= 11 is 0. The molecule has 1 aromatic heterocycles. The van der Waals surface area contributed by atoms with Crippen molar-refractivity contribution in [2.45, 2.75) is 50.6 Å². The minimum Gasteiger partial charge on any atom is -0.348 e. The van der Waals surface area contributed by atoms with Crippen LogP contribution in [0.25, 0.3) is 0 Å². The van der Waals surface area contributed by atoms with E-state index in [2.05, 4.69) is 20.9 Å². The zero-order chi connectivity index (χ0) is 19.8. The van der Waals surface area contributed by atoms with Gasteiger partial charge in [0.25, 0.3) is 0 Å². The smallest absolute Gasteiger partial charge is 0.226 e. The van der Waals surface area contributed by atoms with Gasteiger partial charge in [-0.25, -0.2) is 4.98 Å². The molecule has 1 N–H and O–H groups in total. The largest absolute Gasteiger partial charge is 0.348 e. The van der Waals surface area contributed by atoms with Crippen LogP contribution in [0.5, 0.6) is 0 Å². The fourth-order valence-corrected chi connectivity index (χ4v) is 5.27. The van der Waals surface area contributed by atoms with Crippen LogP contribution in [0.2, 0.25) is 0 Å². The van der Waals surface area contributed by atoms with Crippen molar-refractivity contribution >= 4 is 5.91 Å². The molecule has 0 radical (unpaired) electrons. The molecular weight excluding hydrogens is 362 g/mol. The number of likely N-dealkylation sites (tertiary alicyclic amines) is 1. The maximum atomic E-state index is 13.3. The molecule has 3 heterocycles. The second-order valence-corrected chi connectivity index (χ2v) is 8.67. The van der Waals surface area contributed by atoms with E-state index < -0.39 is 0 Å². The van der Waals surface area contributed by atoms with Crippen molar-refractivity contribution < 1.29 is 4.79 Å². The van der Waals surface area contributed by atoms with Gasteiger partial charge in [-0.3, -0.25) is 9.69 Å². The highest BCUT2D eigenvalue weighted by Gasteiger charge is 2.50. The van der Waals surface area contributed by atoms with Gasteiger partial charge in [0.1, 0.15) is 0 Å². The number of benzene rings is 1. The second kappa shape index (κ2) is 7.31. The van der Waals surface area contributed by atoms with E-state index in [0.29, 0.717) is 5.91 Å². The number of aromatic nitrogens is 2. The first-order chi connectivity index (χ1) is 14.2. The Labute approximate surface area is 171 Å². The summed E-state index contributed by atoms with van der Waals surface area (Å²) < 4.78 is 0. The summed E-state index contributed by atoms with van der Waals surface area (Å²) in [5.74, 6) is 0.557. The van der Waals surface area contributed by atoms with Crippen molar-refractivity contribution in [1.29, 1.82) is 5.26 Å². The highest BCUT2D eigenvalue weighted by atomic mass is 16.2. The number of nitrogens with one attached hydrogen (secondary N) is 1. The Morgan fingerprint density at radius 3 is 2.76 bits per heavy atom. The Morgan fingerprint density at radius 1 is 1.24 bits per heavy atom. The van der Waals surface area contributed by atoms with Gasteiger partial charge < -0.3 is 9.88 Å². The van der Waals surface area contributed by atoms with Gasteiger partial charge in [-0.05, 0) is 37.3 Å². The van der Waals surface area contributed by atoms with E-state index in [1.165, 1.54) is 12.1 Å². The zero-order valence-corrected chi connectivity index (χ0v) is 16.7. The normalized spacial score (nSPS) is 21.4. The minimum atomic E-state index is -0.272.